The Morgan fingerprint density at radius 3 is 2.57 bits per heavy atom. The maximum atomic E-state index is 13.2. The minimum atomic E-state index is -4.59. The van der Waals surface area contributed by atoms with Crippen LogP contribution >= 0.6 is 0 Å². The Labute approximate surface area is 131 Å². The van der Waals surface area contributed by atoms with E-state index in [0.717, 1.165) is 31.5 Å². The van der Waals surface area contributed by atoms with Crippen LogP contribution in [0.3, 0.4) is 0 Å². The highest BCUT2D eigenvalue weighted by atomic mass is 19.4. The van der Waals surface area contributed by atoms with E-state index in [2.05, 4.69) is 15.3 Å². The van der Waals surface area contributed by atoms with Gasteiger partial charge in [0.05, 0.1) is 17.6 Å². The third-order valence-electron chi connectivity index (χ3n) is 3.26. The fourth-order valence-corrected chi connectivity index (χ4v) is 2.13. The molecule has 23 heavy (non-hydrogen) atoms. The van der Waals surface area contributed by atoms with Gasteiger partial charge in [-0.1, -0.05) is 19.8 Å². The quantitative estimate of drug-likeness (QED) is 0.605. The van der Waals surface area contributed by atoms with E-state index in [0.29, 0.717) is 6.54 Å². The fourth-order valence-electron chi connectivity index (χ4n) is 2.13. The lowest BCUT2D eigenvalue weighted by atomic mass is 10.1. The summed E-state index contributed by atoms with van der Waals surface area (Å²) in [4.78, 5) is 7.29. The second-order valence-electron chi connectivity index (χ2n) is 5.12. The van der Waals surface area contributed by atoms with Crippen molar-refractivity contribution in [2.24, 2.45) is 0 Å². The van der Waals surface area contributed by atoms with Crippen LogP contribution in [-0.2, 0) is 6.18 Å². The Morgan fingerprint density at radius 1 is 1.13 bits per heavy atom. The molecule has 1 N–H and O–H groups in total. The highest BCUT2D eigenvalue weighted by Gasteiger charge is 2.36. The summed E-state index contributed by atoms with van der Waals surface area (Å²) in [7, 11) is 0. The predicted octanol–water partition coefficient (Wildman–Crippen LogP) is 4.90. The molecule has 0 unspecified atom stereocenters. The van der Waals surface area contributed by atoms with Gasteiger partial charge in [0.15, 0.2) is 5.69 Å². The smallest absolute Gasteiger partial charge is 0.383 e. The molecule has 124 valence electrons. The molecule has 0 aliphatic heterocycles. The molecular weight excluding hydrogens is 310 g/mol. The summed E-state index contributed by atoms with van der Waals surface area (Å²) in [6, 6.07) is 3.85. The molecule has 2 rings (SSSR count). The van der Waals surface area contributed by atoms with Gasteiger partial charge in [0.1, 0.15) is 5.82 Å². The number of hydrogen-bond donors (Lipinski definition) is 1. The molecule has 0 aliphatic rings. The minimum Gasteiger partial charge on any atom is -0.383 e. The van der Waals surface area contributed by atoms with E-state index >= 15 is 0 Å². The first-order valence-corrected chi connectivity index (χ1v) is 7.35. The predicted molar refractivity (Wildman–Crippen MR) is 80.4 cm³/mol. The topological polar surface area (TPSA) is 37.8 Å². The van der Waals surface area contributed by atoms with Crippen molar-refractivity contribution in [1.82, 2.24) is 9.97 Å². The second kappa shape index (κ2) is 7.39. The van der Waals surface area contributed by atoms with Crippen molar-refractivity contribution in [3.63, 3.8) is 0 Å². The summed E-state index contributed by atoms with van der Waals surface area (Å²) in [5, 5.41) is 2.77. The first kappa shape index (κ1) is 17.2. The van der Waals surface area contributed by atoms with Crippen molar-refractivity contribution in [3.8, 4) is 11.3 Å². The molecular formula is C16H17F4N3. The van der Waals surface area contributed by atoms with E-state index in [1.165, 1.54) is 18.3 Å². The van der Waals surface area contributed by atoms with Gasteiger partial charge in [-0.3, -0.25) is 4.98 Å². The zero-order valence-corrected chi connectivity index (χ0v) is 12.6. The number of aromatic nitrogens is 2. The average Bonchev–Trinajstić information content (AvgIpc) is 2.51. The van der Waals surface area contributed by atoms with Gasteiger partial charge in [-0.2, -0.15) is 13.2 Å². The van der Waals surface area contributed by atoms with Gasteiger partial charge in [-0.05, 0) is 24.6 Å². The number of nitrogens with one attached hydrogen (secondary N) is 1. The van der Waals surface area contributed by atoms with Crippen LogP contribution < -0.4 is 5.32 Å². The van der Waals surface area contributed by atoms with Crippen LogP contribution in [0.25, 0.3) is 11.3 Å². The standard InChI is InChI=1S/C16H17F4N3/c1-2-3-4-7-22-14-6-5-13(23-15(14)16(18,19)20)11-8-12(17)10-21-9-11/h5-6,8-10,22H,2-4,7H2,1H3. The third-order valence-corrected chi connectivity index (χ3v) is 3.26. The van der Waals surface area contributed by atoms with Crippen molar-refractivity contribution in [3.05, 3.63) is 42.1 Å². The molecule has 0 spiro atoms. The molecule has 3 nitrogen and oxygen atoms in total. The summed E-state index contributed by atoms with van der Waals surface area (Å²) in [5.41, 5.74) is -0.839. The highest BCUT2D eigenvalue weighted by Crippen LogP contribution is 2.35. The van der Waals surface area contributed by atoms with Gasteiger partial charge in [0.2, 0.25) is 0 Å². The van der Waals surface area contributed by atoms with Crippen LogP contribution in [0.1, 0.15) is 31.9 Å². The van der Waals surface area contributed by atoms with Crippen LogP contribution in [-0.4, -0.2) is 16.5 Å². The van der Waals surface area contributed by atoms with Gasteiger partial charge in [-0.25, -0.2) is 9.37 Å². The number of unbranched alkanes of at least 4 members (excludes halogenated alkanes) is 2. The Hall–Kier alpha value is -2.18. The highest BCUT2D eigenvalue weighted by molar-refractivity contribution is 5.62. The summed E-state index contributed by atoms with van der Waals surface area (Å²) < 4.78 is 52.8. The lowest BCUT2D eigenvalue weighted by Crippen LogP contribution is -2.14. The summed E-state index contributed by atoms with van der Waals surface area (Å²) >= 11 is 0. The summed E-state index contributed by atoms with van der Waals surface area (Å²) in [5.74, 6) is -0.625. The molecule has 2 heterocycles. The molecule has 2 aromatic rings. The molecule has 0 bridgehead atoms. The molecule has 0 saturated heterocycles. The summed E-state index contributed by atoms with van der Waals surface area (Å²) in [6.07, 6.45) is 0.372. The monoisotopic (exact) mass is 327 g/mol. The second-order valence-corrected chi connectivity index (χ2v) is 5.12. The number of hydrogen-bond acceptors (Lipinski definition) is 3. The van der Waals surface area contributed by atoms with E-state index in [9.17, 15) is 17.6 Å². The zero-order chi connectivity index (χ0) is 16.9. The minimum absolute atomic E-state index is 0.0310. The molecule has 0 radical (unpaired) electrons. The van der Waals surface area contributed by atoms with Crippen LogP contribution in [0.2, 0.25) is 0 Å². The molecule has 7 heteroatoms. The average molecular weight is 327 g/mol. The van der Waals surface area contributed by atoms with Crippen molar-refractivity contribution in [2.45, 2.75) is 32.4 Å². The largest absolute Gasteiger partial charge is 0.435 e. The molecule has 0 aliphatic carbocycles. The molecule has 2 aromatic heterocycles. The van der Waals surface area contributed by atoms with Gasteiger partial charge in [-0.15, -0.1) is 0 Å². The van der Waals surface area contributed by atoms with Gasteiger partial charge < -0.3 is 5.32 Å². The molecule has 0 aromatic carbocycles. The van der Waals surface area contributed by atoms with E-state index in [1.54, 1.807) is 0 Å². The number of pyridine rings is 2. The number of alkyl halides is 3. The number of nitrogens with zero attached hydrogens (tertiary/aromatic N) is 2. The normalized spacial score (nSPS) is 11.5. The maximum Gasteiger partial charge on any atom is 0.435 e. The van der Waals surface area contributed by atoms with E-state index < -0.39 is 17.7 Å². The van der Waals surface area contributed by atoms with Crippen molar-refractivity contribution < 1.29 is 17.6 Å². The van der Waals surface area contributed by atoms with Crippen molar-refractivity contribution in [2.75, 3.05) is 11.9 Å². The lowest BCUT2D eigenvalue weighted by Gasteiger charge is -2.15. The van der Waals surface area contributed by atoms with Crippen LogP contribution in [0, 0.1) is 5.82 Å². The Balaban J connectivity index is 2.31. The first-order valence-electron chi connectivity index (χ1n) is 7.35. The van der Waals surface area contributed by atoms with E-state index in [1.807, 2.05) is 6.92 Å². The number of anilines is 1. The Morgan fingerprint density at radius 2 is 1.91 bits per heavy atom. The Bertz CT molecular complexity index is 656. The molecule has 0 saturated carbocycles. The van der Waals surface area contributed by atoms with Crippen molar-refractivity contribution >= 4 is 5.69 Å². The molecule has 0 amide bonds. The molecule has 0 atom stereocenters. The third kappa shape index (κ3) is 4.64. The SMILES string of the molecule is CCCCCNc1ccc(-c2cncc(F)c2)nc1C(F)(F)F. The van der Waals surface area contributed by atoms with E-state index in [-0.39, 0.29) is 16.9 Å². The Kier molecular flexibility index (Phi) is 5.52. The number of halogens is 4. The molecule has 0 fully saturated rings. The van der Waals surface area contributed by atoms with Crippen LogP contribution in [0.4, 0.5) is 23.2 Å². The van der Waals surface area contributed by atoms with Gasteiger partial charge in [0.25, 0.3) is 0 Å². The summed E-state index contributed by atoms with van der Waals surface area (Å²) in [6.45, 7) is 2.46. The van der Waals surface area contributed by atoms with Gasteiger partial charge in [0, 0.05) is 18.3 Å². The zero-order valence-electron chi connectivity index (χ0n) is 12.6. The lowest BCUT2D eigenvalue weighted by molar-refractivity contribution is -0.140. The number of rotatable bonds is 6. The van der Waals surface area contributed by atoms with E-state index in [4.69, 9.17) is 0 Å². The maximum absolute atomic E-state index is 13.2. The van der Waals surface area contributed by atoms with Crippen LogP contribution in [0.15, 0.2) is 30.6 Å². The van der Waals surface area contributed by atoms with Crippen molar-refractivity contribution in [1.29, 1.82) is 0 Å². The van der Waals surface area contributed by atoms with Gasteiger partial charge >= 0.3 is 6.18 Å². The van der Waals surface area contributed by atoms with Crippen LogP contribution in [0.5, 0.6) is 0 Å². The fraction of sp³-hybridized carbons (Fsp3) is 0.375. The first-order chi connectivity index (χ1) is 10.9.